The number of aromatic nitrogens is 2. The van der Waals surface area contributed by atoms with Gasteiger partial charge in [0.1, 0.15) is 29.8 Å². The summed E-state index contributed by atoms with van der Waals surface area (Å²) < 4.78 is 10.7. The second-order valence-corrected chi connectivity index (χ2v) is 5.58. The van der Waals surface area contributed by atoms with E-state index in [9.17, 15) is 9.59 Å². The molecule has 0 spiro atoms. The maximum Gasteiger partial charge on any atom is 0.272 e. The molecule has 1 heterocycles. The zero-order valence-corrected chi connectivity index (χ0v) is 14.8. The normalized spacial score (nSPS) is 11.5. The van der Waals surface area contributed by atoms with Crippen LogP contribution in [0, 0.1) is 0 Å². The fourth-order valence-corrected chi connectivity index (χ4v) is 2.21. The van der Waals surface area contributed by atoms with E-state index in [-0.39, 0.29) is 18.2 Å². The molecule has 0 fully saturated rings. The van der Waals surface area contributed by atoms with Crippen molar-refractivity contribution in [3.05, 3.63) is 40.7 Å². The van der Waals surface area contributed by atoms with Gasteiger partial charge in [0.25, 0.3) is 5.91 Å². The highest BCUT2D eigenvalue weighted by Crippen LogP contribution is 2.29. The van der Waals surface area contributed by atoms with E-state index in [4.69, 9.17) is 21.1 Å². The van der Waals surface area contributed by atoms with Gasteiger partial charge in [-0.2, -0.15) is 5.10 Å². The van der Waals surface area contributed by atoms with Gasteiger partial charge in [0.2, 0.25) is 5.91 Å². The van der Waals surface area contributed by atoms with Crippen molar-refractivity contribution in [3.8, 4) is 11.5 Å². The molecule has 25 heavy (non-hydrogen) atoms. The zero-order chi connectivity index (χ0) is 18.4. The van der Waals surface area contributed by atoms with Crippen LogP contribution < -0.4 is 20.1 Å². The van der Waals surface area contributed by atoms with Crippen LogP contribution in [-0.4, -0.2) is 42.2 Å². The number of likely N-dealkylation sites (N-methyl/N-ethyl adjacent to an activating group) is 1. The van der Waals surface area contributed by atoms with Crippen LogP contribution in [0.2, 0.25) is 5.02 Å². The number of carbonyl (C=O) groups is 2. The van der Waals surface area contributed by atoms with Crippen LogP contribution in [0.25, 0.3) is 0 Å². The molecule has 0 saturated carbocycles. The molecule has 0 saturated heterocycles. The molecule has 0 radical (unpaired) electrons. The summed E-state index contributed by atoms with van der Waals surface area (Å²) in [6.45, 7) is 1.73. The van der Waals surface area contributed by atoms with Crippen molar-refractivity contribution in [2.24, 2.45) is 0 Å². The first-order valence-electron chi connectivity index (χ1n) is 7.47. The minimum Gasteiger partial charge on any atom is -0.497 e. The quantitative estimate of drug-likeness (QED) is 0.689. The highest BCUT2D eigenvalue weighted by Gasteiger charge is 2.17. The van der Waals surface area contributed by atoms with E-state index in [1.54, 1.807) is 38.3 Å². The number of halogens is 1. The Labute approximate surface area is 149 Å². The van der Waals surface area contributed by atoms with Crippen molar-refractivity contribution < 1.29 is 19.1 Å². The second kappa shape index (κ2) is 8.39. The molecule has 0 unspecified atom stereocenters. The van der Waals surface area contributed by atoms with Crippen LogP contribution >= 0.6 is 11.6 Å². The standard InChI is InChI=1S/C16H19ClN4O4/c1-9(15(22)18-2)19-16(23)13-6-10(20-21-13)8-25-14-5-4-11(24-3)7-12(14)17/h4-7,9H,8H2,1-3H3,(H,18,22)(H,19,23)(H,20,21)/t9-/m1/s1. The van der Waals surface area contributed by atoms with Crippen molar-refractivity contribution in [1.29, 1.82) is 0 Å². The second-order valence-electron chi connectivity index (χ2n) is 5.17. The first-order valence-corrected chi connectivity index (χ1v) is 7.85. The van der Waals surface area contributed by atoms with Crippen molar-refractivity contribution in [1.82, 2.24) is 20.8 Å². The Bertz CT molecular complexity index is 762. The fourth-order valence-electron chi connectivity index (χ4n) is 1.99. The summed E-state index contributed by atoms with van der Waals surface area (Å²) in [5.41, 5.74) is 0.750. The van der Waals surface area contributed by atoms with E-state index < -0.39 is 11.9 Å². The Kier molecular flexibility index (Phi) is 6.24. The number of rotatable bonds is 7. The number of ether oxygens (including phenoxy) is 2. The number of hydrogen-bond donors (Lipinski definition) is 3. The summed E-state index contributed by atoms with van der Waals surface area (Å²) >= 11 is 6.10. The molecule has 8 nitrogen and oxygen atoms in total. The number of amides is 2. The van der Waals surface area contributed by atoms with E-state index in [2.05, 4.69) is 20.8 Å². The highest BCUT2D eigenvalue weighted by atomic mass is 35.5. The number of nitrogens with one attached hydrogen (secondary N) is 3. The summed E-state index contributed by atoms with van der Waals surface area (Å²) in [4.78, 5) is 23.5. The Hall–Kier alpha value is -2.74. The monoisotopic (exact) mass is 366 g/mol. The number of hydrogen-bond acceptors (Lipinski definition) is 5. The van der Waals surface area contributed by atoms with Crippen LogP contribution in [-0.2, 0) is 11.4 Å². The number of H-pyrrole nitrogens is 1. The zero-order valence-electron chi connectivity index (χ0n) is 14.1. The summed E-state index contributed by atoms with van der Waals surface area (Å²) in [5, 5.41) is 12.0. The van der Waals surface area contributed by atoms with E-state index >= 15 is 0 Å². The molecule has 1 aromatic carbocycles. The summed E-state index contributed by atoms with van der Waals surface area (Å²) in [7, 11) is 3.05. The van der Waals surface area contributed by atoms with Crippen molar-refractivity contribution in [2.45, 2.75) is 19.6 Å². The van der Waals surface area contributed by atoms with Gasteiger partial charge in [0.15, 0.2) is 0 Å². The minimum absolute atomic E-state index is 0.150. The van der Waals surface area contributed by atoms with Crippen LogP contribution in [0.3, 0.4) is 0 Å². The van der Waals surface area contributed by atoms with E-state index in [0.29, 0.717) is 22.2 Å². The smallest absolute Gasteiger partial charge is 0.272 e. The molecule has 134 valence electrons. The van der Waals surface area contributed by atoms with Crippen molar-refractivity contribution >= 4 is 23.4 Å². The molecule has 0 aliphatic heterocycles. The van der Waals surface area contributed by atoms with E-state index in [0.717, 1.165) is 0 Å². The first kappa shape index (κ1) is 18.6. The topological polar surface area (TPSA) is 105 Å². The van der Waals surface area contributed by atoms with Crippen LogP contribution in [0.15, 0.2) is 24.3 Å². The molecule has 2 amide bonds. The maximum absolute atomic E-state index is 12.0. The Morgan fingerprint density at radius 3 is 2.76 bits per heavy atom. The largest absolute Gasteiger partial charge is 0.497 e. The maximum atomic E-state index is 12.0. The highest BCUT2D eigenvalue weighted by molar-refractivity contribution is 6.32. The number of benzene rings is 1. The number of carbonyl (C=O) groups excluding carboxylic acids is 2. The molecular weight excluding hydrogens is 348 g/mol. The lowest BCUT2D eigenvalue weighted by Gasteiger charge is -2.10. The first-order chi connectivity index (χ1) is 11.9. The van der Waals surface area contributed by atoms with Gasteiger partial charge in [-0.05, 0) is 25.1 Å². The Morgan fingerprint density at radius 2 is 2.12 bits per heavy atom. The molecule has 0 bridgehead atoms. The molecule has 1 aromatic heterocycles. The van der Waals surface area contributed by atoms with Crippen LogP contribution in [0.5, 0.6) is 11.5 Å². The summed E-state index contributed by atoms with van der Waals surface area (Å²) in [5.74, 6) is 0.363. The lowest BCUT2D eigenvalue weighted by molar-refractivity contribution is -0.122. The van der Waals surface area contributed by atoms with E-state index in [1.807, 2.05) is 0 Å². The molecule has 0 aliphatic carbocycles. The van der Waals surface area contributed by atoms with Crippen LogP contribution in [0.1, 0.15) is 23.1 Å². The van der Waals surface area contributed by atoms with Gasteiger partial charge >= 0.3 is 0 Å². The third-order valence-electron chi connectivity index (χ3n) is 3.37. The minimum atomic E-state index is -0.660. The molecule has 1 atom stereocenters. The molecule has 0 aliphatic rings. The Morgan fingerprint density at radius 1 is 1.36 bits per heavy atom. The molecule has 3 N–H and O–H groups in total. The third-order valence-corrected chi connectivity index (χ3v) is 3.67. The van der Waals surface area contributed by atoms with Gasteiger partial charge in [0.05, 0.1) is 17.8 Å². The average molecular weight is 367 g/mol. The van der Waals surface area contributed by atoms with Crippen molar-refractivity contribution in [3.63, 3.8) is 0 Å². The lowest BCUT2D eigenvalue weighted by atomic mass is 10.3. The van der Waals surface area contributed by atoms with Gasteiger partial charge in [-0.1, -0.05) is 11.6 Å². The summed E-state index contributed by atoms with van der Waals surface area (Å²) in [6, 6.07) is 5.95. The van der Waals surface area contributed by atoms with Gasteiger partial charge in [-0.3, -0.25) is 14.7 Å². The predicted octanol–water partition coefficient (Wildman–Crippen LogP) is 1.51. The SMILES string of the molecule is CNC(=O)[C@@H](C)NC(=O)c1cc(COc2ccc(OC)cc2Cl)[nH]n1. The Balaban J connectivity index is 1.95. The predicted molar refractivity (Wildman–Crippen MR) is 91.9 cm³/mol. The van der Waals surface area contributed by atoms with Gasteiger partial charge < -0.3 is 20.1 Å². The molecule has 2 rings (SSSR count). The van der Waals surface area contributed by atoms with Gasteiger partial charge in [-0.15, -0.1) is 0 Å². The van der Waals surface area contributed by atoms with Crippen molar-refractivity contribution in [2.75, 3.05) is 14.2 Å². The molecule has 9 heteroatoms. The number of nitrogens with zero attached hydrogens (tertiary/aromatic N) is 1. The average Bonchev–Trinajstić information content (AvgIpc) is 3.08. The fraction of sp³-hybridized carbons (Fsp3) is 0.312. The lowest BCUT2D eigenvalue weighted by Crippen LogP contribution is -2.43. The van der Waals surface area contributed by atoms with E-state index in [1.165, 1.54) is 7.05 Å². The molecular formula is C16H19ClN4O4. The van der Waals surface area contributed by atoms with Crippen LogP contribution in [0.4, 0.5) is 0 Å². The summed E-state index contributed by atoms with van der Waals surface area (Å²) in [6.07, 6.45) is 0. The van der Waals surface area contributed by atoms with Gasteiger partial charge in [0, 0.05) is 13.1 Å². The number of aromatic amines is 1. The van der Waals surface area contributed by atoms with Gasteiger partial charge in [-0.25, -0.2) is 0 Å². The molecule has 2 aromatic rings. The number of methoxy groups -OCH3 is 1. The third kappa shape index (κ3) is 4.87.